The third-order valence-corrected chi connectivity index (χ3v) is 1.90. The number of hydrogen-bond acceptors (Lipinski definition) is 2. The zero-order valence-corrected chi connectivity index (χ0v) is 9.99. The molecule has 80 valence electrons. The molecule has 1 aromatic rings. The first-order valence-electron chi connectivity index (χ1n) is 4.43. The highest BCUT2D eigenvalue weighted by atomic mass is 35.5. The summed E-state index contributed by atoms with van der Waals surface area (Å²) >= 11 is 0. The SMILES string of the molecule is Cl.POCCCCOc1ccccc1. The summed E-state index contributed by atoms with van der Waals surface area (Å²) in [6.07, 6.45) is 2.07. The highest BCUT2D eigenvalue weighted by Crippen LogP contribution is 2.08. The quantitative estimate of drug-likeness (QED) is 0.556. The average Bonchev–Trinajstić information content (AvgIpc) is 2.19. The summed E-state index contributed by atoms with van der Waals surface area (Å²) in [5.41, 5.74) is 0. The van der Waals surface area contributed by atoms with Gasteiger partial charge in [0.1, 0.15) is 5.75 Å². The lowest BCUT2D eigenvalue weighted by atomic mass is 10.3. The second kappa shape index (κ2) is 9.26. The molecule has 0 N–H and O–H groups in total. The van der Waals surface area contributed by atoms with Crippen molar-refractivity contribution >= 4 is 21.9 Å². The molecule has 0 amide bonds. The summed E-state index contributed by atoms with van der Waals surface area (Å²) in [5, 5.41) is 0. The predicted octanol–water partition coefficient (Wildman–Crippen LogP) is 3.07. The molecule has 2 nitrogen and oxygen atoms in total. The van der Waals surface area contributed by atoms with E-state index in [1.807, 2.05) is 30.3 Å². The number of benzene rings is 1. The fourth-order valence-electron chi connectivity index (χ4n) is 0.994. The Morgan fingerprint density at radius 3 is 2.29 bits per heavy atom. The van der Waals surface area contributed by atoms with Gasteiger partial charge < -0.3 is 9.26 Å². The second-order valence-corrected chi connectivity index (χ2v) is 3.07. The molecule has 4 heteroatoms. The van der Waals surface area contributed by atoms with E-state index in [1.165, 1.54) is 0 Å². The van der Waals surface area contributed by atoms with Gasteiger partial charge in [0.15, 0.2) is 0 Å². The highest BCUT2D eigenvalue weighted by molar-refractivity contribution is 7.09. The van der Waals surface area contributed by atoms with E-state index >= 15 is 0 Å². The van der Waals surface area contributed by atoms with Gasteiger partial charge in [-0.3, -0.25) is 0 Å². The van der Waals surface area contributed by atoms with Crippen molar-refractivity contribution in [3.63, 3.8) is 0 Å². The van der Waals surface area contributed by atoms with Gasteiger partial charge in [-0.25, -0.2) is 0 Å². The van der Waals surface area contributed by atoms with Gasteiger partial charge in [0.05, 0.1) is 13.2 Å². The van der Waals surface area contributed by atoms with Crippen molar-refractivity contribution in [3.05, 3.63) is 30.3 Å². The molecule has 0 fully saturated rings. The Labute approximate surface area is 93.7 Å². The Bertz CT molecular complexity index is 219. The number of hydrogen-bond donors (Lipinski definition) is 0. The smallest absolute Gasteiger partial charge is 0.119 e. The molecule has 1 rings (SSSR count). The number of ether oxygens (including phenoxy) is 1. The first kappa shape index (κ1) is 13.7. The fourth-order valence-corrected chi connectivity index (χ4v) is 1.16. The van der Waals surface area contributed by atoms with E-state index in [2.05, 4.69) is 9.47 Å². The monoisotopic (exact) mass is 234 g/mol. The van der Waals surface area contributed by atoms with Gasteiger partial charge in [0.2, 0.25) is 0 Å². The van der Waals surface area contributed by atoms with Crippen LogP contribution >= 0.6 is 21.9 Å². The van der Waals surface area contributed by atoms with E-state index in [-0.39, 0.29) is 12.4 Å². The molecule has 0 heterocycles. The van der Waals surface area contributed by atoms with Crippen LogP contribution in [0.15, 0.2) is 30.3 Å². The predicted molar refractivity (Wildman–Crippen MR) is 64.1 cm³/mol. The molecule has 0 bridgehead atoms. The molecule has 0 aromatic heterocycles. The minimum absolute atomic E-state index is 0. The van der Waals surface area contributed by atoms with Crippen LogP contribution in [0.3, 0.4) is 0 Å². The average molecular weight is 235 g/mol. The van der Waals surface area contributed by atoms with E-state index in [1.54, 1.807) is 0 Å². The molecule has 1 aromatic carbocycles. The first-order chi connectivity index (χ1) is 6.43. The molecule has 1 unspecified atom stereocenters. The first-order valence-corrected chi connectivity index (χ1v) is 4.90. The minimum Gasteiger partial charge on any atom is -0.494 e. The molecule has 0 spiro atoms. The van der Waals surface area contributed by atoms with E-state index in [4.69, 9.17) is 9.26 Å². The molecular formula is C10H16ClO2P. The topological polar surface area (TPSA) is 18.5 Å². The Morgan fingerprint density at radius 1 is 1.00 bits per heavy atom. The van der Waals surface area contributed by atoms with E-state index in [0.29, 0.717) is 0 Å². The van der Waals surface area contributed by atoms with Gasteiger partial charge in [0, 0.05) is 9.47 Å². The maximum absolute atomic E-state index is 5.49. The van der Waals surface area contributed by atoms with Crippen molar-refractivity contribution in [2.75, 3.05) is 13.2 Å². The third-order valence-electron chi connectivity index (χ3n) is 1.67. The minimum atomic E-state index is 0. The summed E-state index contributed by atoms with van der Waals surface area (Å²) in [6.45, 7) is 1.54. The summed E-state index contributed by atoms with van der Waals surface area (Å²) in [5.74, 6) is 0.939. The van der Waals surface area contributed by atoms with Crippen molar-refractivity contribution in [1.82, 2.24) is 0 Å². The van der Waals surface area contributed by atoms with E-state index in [0.717, 1.165) is 31.8 Å². The standard InChI is InChI=1S/C10H15O2P.ClH/c13-12-9-5-4-8-11-10-6-2-1-3-7-10;/h1-3,6-7H,4-5,8-9,13H2;1H. The lowest BCUT2D eigenvalue weighted by Gasteiger charge is -2.04. The molecule has 0 radical (unpaired) electrons. The van der Waals surface area contributed by atoms with Gasteiger partial charge in [-0.1, -0.05) is 18.2 Å². The second-order valence-electron chi connectivity index (χ2n) is 2.74. The van der Waals surface area contributed by atoms with Crippen LogP contribution in [0.1, 0.15) is 12.8 Å². The summed E-state index contributed by atoms with van der Waals surface area (Å²) in [7, 11) is 2.25. The number of para-hydroxylation sites is 1. The van der Waals surface area contributed by atoms with Gasteiger partial charge in [0.25, 0.3) is 0 Å². The van der Waals surface area contributed by atoms with Crippen LogP contribution in [-0.4, -0.2) is 13.2 Å². The zero-order chi connectivity index (χ0) is 9.36. The fraction of sp³-hybridized carbons (Fsp3) is 0.400. The van der Waals surface area contributed by atoms with Crippen molar-refractivity contribution < 1.29 is 9.26 Å². The molecular weight excluding hydrogens is 219 g/mol. The molecule has 14 heavy (non-hydrogen) atoms. The third kappa shape index (κ3) is 6.20. The van der Waals surface area contributed by atoms with Crippen molar-refractivity contribution in [1.29, 1.82) is 0 Å². The van der Waals surface area contributed by atoms with E-state index < -0.39 is 0 Å². The van der Waals surface area contributed by atoms with E-state index in [9.17, 15) is 0 Å². The van der Waals surface area contributed by atoms with Gasteiger partial charge in [-0.2, -0.15) is 0 Å². The number of halogens is 1. The number of rotatable bonds is 6. The molecule has 0 aliphatic heterocycles. The van der Waals surface area contributed by atoms with Crippen LogP contribution in [0.25, 0.3) is 0 Å². The largest absolute Gasteiger partial charge is 0.494 e. The maximum Gasteiger partial charge on any atom is 0.119 e. The van der Waals surface area contributed by atoms with Crippen molar-refractivity contribution in [3.8, 4) is 5.75 Å². The van der Waals surface area contributed by atoms with Gasteiger partial charge >= 0.3 is 0 Å². The van der Waals surface area contributed by atoms with Gasteiger partial charge in [-0.15, -0.1) is 12.4 Å². The highest BCUT2D eigenvalue weighted by Gasteiger charge is 1.91. The van der Waals surface area contributed by atoms with Crippen molar-refractivity contribution in [2.24, 2.45) is 0 Å². The van der Waals surface area contributed by atoms with Crippen LogP contribution in [0.4, 0.5) is 0 Å². The van der Waals surface area contributed by atoms with Crippen LogP contribution in [-0.2, 0) is 4.52 Å². The van der Waals surface area contributed by atoms with Gasteiger partial charge in [-0.05, 0) is 25.0 Å². The van der Waals surface area contributed by atoms with Crippen LogP contribution in [0, 0.1) is 0 Å². The Hall–Kier alpha value is -0.300. The summed E-state index contributed by atoms with van der Waals surface area (Å²) in [4.78, 5) is 0. The number of unbranched alkanes of at least 4 members (excludes halogenated alkanes) is 1. The summed E-state index contributed by atoms with van der Waals surface area (Å²) in [6, 6.07) is 9.86. The Morgan fingerprint density at radius 2 is 1.64 bits per heavy atom. The molecule has 0 aliphatic rings. The normalized spacial score (nSPS) is 9.21. The lowest BCUT2D eigenvalue weighted by molar-refractivity contribution is 0.283. The van der Waals surface area contributed by atoms with Crippen LogP contribution < -0.4 is 4.74 Å². The van der Waals surface area contributed by atoms with Crippen LogP contribution in [0.5, 0.6) is 5.75 Å². The molecule has 0 saturated carbocycles. The Balaban J connectivity index is 0.00000169. The molecule has 0 saturated heterocycles. The molecule has 0 aliphatic carbocycles. The summed E-state index contributed by atoms with van der Waals surface area (Å²) < 4.78 is 10.3. The Kier molecular flexibility index (Phi) is 9.06. The lowest BCUT2D eigenvalue weighted by Crippen LogP contribution is -1.98. The zero-order valence-electron chi connectivity index (χ0n) is 8.02. The molecule has 1 atom stereocenters. The maximum atomic E-state index is 5.49. The van der Waals surface area contributed by atoms with Crippen molar-refractivity contribution in [2.45, 2.75) is 12.8 Å². The van der Waals surface area contributed by atoms with Crippen LogP contribution in [0.2, 0.25) is 0 Å².